The maximum atomic E-state index is 11.1. The summed E-state index contributed by atoms with van der Waals surface area (Å²) in [6.07, 6.45) is 0. The summed E-state index contributed by atoms with van der Waals surface area (Å²) in [4.78, 5) is 43.2. The van der Waals surface area contributed by atoms with Gasteiger partial charge in [0.15, 0.2) is 11.5 Å². The Labute approximate surface area is 122 Å². The van der Waals surface area contributed by atoms with Crippen molar-refractivity contribution in [3.05, 3.63) is 35.4 Å². The minimum Gasteiger partial charge on any atom is -0.478 e. The zero-order chi connectivity index (χ0) is 16.3. The first kappa shape index (κ1) is 15.0. The maximum Gasteiger partial charge on any atom is 0.336 e. The van der Waals surface area contributed by atoms with Gasteiger partial charge in [0.05, 0.1) is 11.1 Å². The van der Waals surface area contributed by atoms with E-state index in [1.165, 1.54) is 12.1 Å². The predicted molar refractivity (Wildman–Crippen MR) is 71.3 cm³/mol. The number of carboxylic acids is 2. The van der Waals surface area contributed by atoms with E-state index in [9.17, 15) is 19.2 Å². The van der Waals surface area contributed by atoms with Gasteiger partial charge in [-0.1, -0.05) is 0 Å². The molecule has 0 aliphatic heterocycles. The highest BCUT2D eigenvalue weighted by Crippen LogP contribution is 2.33. The van der Waals surface area contributed by atoms with Crippen LogP contribution in [0.2, 0.25) is 0 Å². The van der Waals surface area contributed by atoms with E-state index in [1.54, 1.807) is 0 Å². The summed E-state index contributed by atoms with van der Waals surface area (Å²) in [5.41, 5.74) is -0.831. The summed E-state index contributed by atoms with van der Waals surface area (Å²) in [5.74, 6) is -3.03. The van der Waals surface area contributed by atoms with Crippen molar-refractivity contribution >= 4 is 35.7 Å². The number of hydrogen-bond acceptors (Lipinski definition) is 6. The van der Waals surface area contributed by atoms with Crippen molar-refractivity contribution in [2.75, 3.05) is 0 Å². The van der Waals surface area contributed by atoms with E-state index in [-0.39, 0.29) is 24.4 Å². The largest absolute Gasteiger partial charge is 0.478 e. The average molecular weight is 304 g/mol. The number of carbonyl (C=O) groups is 4. The summed E-state index contributed by atoms with van der Waals surface area (Å²) in [7, 11) is 0. The molecule has 2 N–H and O–H groups in total. The molecule has 2 aromatic rings. The average Bonchev–Trinajstić information content (AvgIpc) is 2.47. The van der Waals surface area contributed by atoms with Gasteiger partial charge in [-0.15, -0.1) is 0 Å². The van der Waals surface area contributed by atoms with Gasteiger partial charge in [-0.05, 0) is 35.0 Å². The molecule has 0 spiro atoms. The smallest absolute Gasteiger partial charge is 0.336 e. The molecule has 8 heteroatoms. The fourth-order valence-corrected chi connectivity index (χ4v) is 1.95. The maximum absolute atomic E-state index is 11.1. The molecule has 2 aromatic carbocycles. The van der Waals surface area contributed by atoms with Crippen molar-refractivity contribution in [1.29, 1.82) is 0 Å². The van der Waals surface area contributed by atoms with Gasteiger partial charge >= 0.3 is 11.9 Å². The standard InChI is InChI=1S/C14H8O8/c15-5-21-11-3-7-1-9(13(17)18)10(14(19)20)2-8(7)4-12(11)22-6-16/h1-6H,(H,17,18)(H,19,20). The molecule has 0 saturated heterocycles. The molecule has 0 saturated carbocycles. The lowest BCUT2D eigenvalue weighted by molar-refractivity contribution is -0.123. The van der Waals surface area contributed by atoms with Crippen molar-refractivity contribution in [1.82, 2.24) is 0 Å². The van der Waals surface area contributed by atoms with Gasteiger partial charge in [0, 0.05) is 0 Å². The Morgan fingerprint density at radius 2 is 1.14 bits per heavy atom. The van der Waals surface area contributed by atoms with E-state index in [0.717, 1.165) is 12.1 Å². The summed E-state index contributed by atoms with van der Waals surface area (Å²) < 4.78 is 9.30. The predicted octanol–water partition coefficient (Wildman–Crippen LogP) is 1.31. The Morgan fingerprint density at radius 1 is 0.773 bits per heavy atom. The van der Waals surface area contributed by atoms with Crippen molar-refractivity contribution in [3.63, 3.8) is 0 Å². The highest BCUT2D eigenvalue weighted by molar-refractivity contribution is 6.06. The van der Waals surface area contributed by atoms with Gasteiger partial charge in [-0.2, -0.15) is 0 Å². The lowest BCUT2D eigenvalue weighted by atomic mass is 10.0. The Kier molecular flexibility index (Phi) is 4.03. The number of rotatable bonds is 6. The van der Waals surface area contributed by atoms with E-state index < -0.39 is 23.1 Å². The Balaban J connectivity index is 2.77. The number of carboxylic acid groups (broad SMARTS) is 2. The van der Waals surface area contributed by atoms with E-state index in [4.69, 9.17) is 10.2 Å². The summed E-state index contributed by atoms with van der Waals surface area (Å²) in [6.45, 7) is 0.227. The molecule has 0 amide bonds. The van der Waals surface area contributed by atoms with E-state index in [1.807, 2.05) is 0 Å². The normalized spacial score (nSPS) is 10.0. The Bertz CT molecular complexity index is 727. The number of benzene rings is 2. The van der Waals surface area contributed by atoms with Crippen molar-refractivity contribution < 1.29 is 38.9 Å². The number of fused-ring (bicyclic) bond motifs is 1. The molecule has 112 valence electrons. The summed E-state index contributed by atoms with van der Waals surface area (Å²) in [5, 5.41) is 18.7. The molecule has 0 aromatic heterocycles. The molecule has 0 fully saturated rings. The lowest BCUT2D eigenvalue weighted by Crippen LogP contribution is -2.08. The van der Waals surface area contributed by atoms with Gasteiger partial charge in [0.1, 0.15) is 0 Å². The fraction of sp³-hybridized carbons (Fsp3) is 0. The van der Waals surface area contributed by atoms with Crippen LogP contribution in [-0.4, -0.2) is 35.1 Å². The minimum absolute atomic E-state index is 0.103. The SMILES string of the molecule is O=COc1cc2cc(C(=O)O)c(C(=O)O)cc2cc1OC=O. The fourth-order valence-electron chi connectivity index (χ4n) is 1.95. The first-order valence-electron chi connectivity index (χ1n) is 5.77. The molecule has 0 aliphatic carbocycles. The second-order valence-electron chi connectivity index (χ2n) is 4.08. The van der Waals surface area contributed by atoms with Crippen LogP contribution in [0.4, 0.5) is 0 Å². The van der Waals surface area contributed by atoms with E-state index >= 15 is 0 Å². The van der Waals surface area contributed by atoms with Crippen LogP contribution >= 0.6 is 0 Å². The summed E-state index contributed by atoms with van der Waals surface area (Å²) in [6, 6.07) is 4.79. The number of carbonyl (C=O) groups excluding carboxylic acids is 2. The van der Waals surface area contributed by atoms with Crippen LogP contribution < -0.4 is 9.47 Å². The lowest BCUT2D eigenvalue weighted by Gasteiger charge is -2.09. The first-order chi connectivity index (χ1) is 10.5. The van der Waals surface area contributed by atoms with Gasteiger partial charge < -0.3 is 19.7 Å². The highest BCUT2D eigenvalue weighted by atomic mass is 16.6. The molecule has 0 aliphatic rings. The molecule has 0 heterocycles. The van der Waals surface area contributed by atoms with E-state index in [0.29, 0.717) is 10.8 Å². The molecule has 0 atom stereocenters. The molecular weight excluding hydrogens is 296 g/mol. The number of aromatic carboxylic acids is 2. The number of ether oxygens (including phenoxy) is 2. The second-order valence-corrected chi connectivity index (χ2v) is 4.08. The Hall–Kier alpha value is -3.42. The van der Waals surface area contributed by atoms with Crippen LogP contribution in [-0.2, 0) is 9.59 Å². The summed E-state index contributed by atoms with van der Waals surface area (Å²) >= 11 is 0. The van der Waals surface area contributed by atoms with Gasteiger partial charge in [-0.3, -0.25) is 9.59 Å². The number of hydrogen-bond donors (Lipinski definition) is 2. The Morgan fingerprint density at radius 3 is 1.41 bits per heavy atom. The van der Waals surface area contributed by atoms with Crippen molar-refractivity contribution in [2.45, 2.75) is 0 Å². The minimum atomic E-state index is -1.41. The van der Waals surface area contributed by atoms with Crippen LogP contribution in [0, 0.1) is 0 Å². The molecule has 8 nitrogen and oxygen atoms in total. The third-order valence-electron chi connectivity index (χ3n) is 2.85. The topological polar surface area (TPSA) is 127 Å². The molecule has 22 heavy (non-hydrogen) atoms. The van der Waals surface area contributed by atoms with E-state index in [2.05, 4.69) is 9.47 Å². The zero-order valence-electron chi connectivity index (χ0n) is 10.8. The van der Waals surface area contributed by atoms with Gasteiger partial charge in [0.2, 0.25) is 0 Å². The van der Waals surface area contributed by atoms with Crippen LogP contribution in [0.1, 0.15) is 20.7 Å². The van der Waals surface area contributed by atoms with Gasteiger partial charge in [-0.25, -0.2) is 9.59 Å². The van der Waals surface area contributed by atoms with Crippen molar-refractivity contribution in [3.8, 4) is 11.5 Å². The third-order valence-corrected chi connectivity index (χ3v) is 2.85. The molecule has 0 radical (unpaired) electrons. The molecule has 0 unspecified atom stereocenters. The van der Waals surface area contributed by atoms with Crippen molar-refractivity contribution in [2.24, 2.45) is 0 Å². The molecular formula is C14H8O8. The second kappa shape index (κ2) is 5.92. The van der Waals surface area contributed by atoms with Crippen LogP contribution in [0.25, 0.3) is 10.8 Å². The molecule has 2 rings (SSSR count). The molecule has 0 bridgehead atoms. The first-order valence-corrected chi connectivity index (χ1v) is 5.77. The van der Waals surface area contributed by atoms with Crippen LogP contribution in [0.15, 0.2) is 24.3 Å². The zero-order valence-corrected chi connectivity index (χ0v) is 10.8. The monoisotopic (exact) mass is 304 g/mol. The van der Waals surface area contributed by atoms with Crippen LogP contribution in [0.5, 0.6) is 11.5 Å². The van der Waals surface area contributed by atoms with Gasteiger partial charge in [0.25, 0.3) is 12.9 Å². The highest BCUT2D eigenvalue weighted by Gasteiger charge is 2.18. The van der Waals surface area contributed by atoms with Crippen LogP contribution in [0.3, 0.4) is 0 Å². The quantitative estimate of drug-likeness (QED) is 0.764. The third kappa shape index (κ3) is 2.70.